The number of imidazole rings is 1. The van der Waals surface area contributed by atoms with E-state index in [-0.39, 0.29) is 16.3 Å². The maximum atomic E-state index is 10.1. The van der Waals surface area contributed by atoms with Crippen molar-refractivity contribution in [3.05, 3.63) is 22.4 Å². The molecule has 14 heteroatoms. The van der Waals surface area contributed by atoms with Gasteiger partial charge >= 0.3 is 6.72 Å². The van der Waals surface area contributed by atoms with Crippen molar-refractivity contribution in [3.63, 3.8) is 0 Å². The molecule has 6 N–H and O–H groups in total. The lowest BCUT2D eigenvalue weighted by Crippen LogP contribution is -2.20. The van der Waals surface area contributed by atoms with Crippen molar-refractivity contribution in [2.24, 2.45) is 0 Å². The number of aromatic nitrogens is 4. The van der Waals surface area contributed by atoms with Crippen LogP contribution < -0.4 is 5.73 Å². The van der Waals surface area contributed by atoms with Gasteiger partial charge in [0.15, 0.2) is 28.1 Å². The molecule has 3 rings (SSSR count). The van der Waals surface area contributed by atoms with Crippen LogP contribution in [0.3, 0.4) is 0 Å². The van der Waals surface area contributed by atoms with Crippen molar-refractivity contribution in [1.82, 2.24) is 19.5 Å². The third-order valence-corrected chi connectivity index (χ3v) is 4.49. The Hall–Kier alpha value is -1.34. The molecule has 1 aliphatic rings. The molecule has 0 amide bonds. The SMILES string of the molecule is Nc1ncc2nc(Br)n([C@@H]3O[C@H](COP(O)(O)=S)C(O)=C3O)c2n1. The molecule has 0 fully saturated rings. The maximum Gasteiger partial charge on any atom is 0.321 e. The number of aliphatic hydroxyl groups is 2. The summed E-state index contributed by atoms with van der Waals surface area (Å²) < 4.78 is 11.7. The Balaban J connectivity index is 1.95. The number of nitrogen functional groups attached to an aromatic ring is 1. The number of hydrogen-bond acceptors (Lipinski definition) is 9. The van der Waals surface area contributed by atoms with E-state index in [0.717, 1.165) is 0 Å². The molecule has 0 unspecified atom stereocenters. The first-order valence-electron chi connectivity index (χ1n) is 6.31. The Morgan fingerprint density at radius 2 is 2.08 bits per heavy atom. The van der Waals surface area contributed by atoms with Crippen LogP contribution in [0.2, 0.25) is 0 Å². The van der Waals surface area contributed by atoms with Gasteiger partial charge in [-0.1, -0.05) is 0 Å². The van der Waals surface area contributed by atoms with Gasteiger partial charge in [-0.2, -0.15) is 4.98 Å². The van der Waals surface area contributed by atoms with Gasteiger partial charge < -0.3 is 35.0 Å². The molecule has 0 radical (unpaired) electrons. The molecule has 0 saturated carbocycles. The topological polar surface area (TPSA) is 169 Å². The molecule has 2 atom stereocenters. The molecule has 11 nitrogen and oxygen atoms in total. The Morgan fingerprint density at radius 1 is 1.38 bits per heavy atom. The van der Waals surface area contributed by atoms with Crippen molar-refractivity contribution >= 4 is 51.6 Å². The molecule has 3 heterocycles. The second-order valence-corrected chi connectivity index (χ2v) is 8.10. The van der Waals surface area contributed by atoms with Crippen LogP contribution >= 0.6 is 22.6 Å². The standard InChI is InChI=1S/C10H11BrN5O6PS/c11-9-14-3-1-13-10(12)15-7(3)16(9)8-6(18)5(17)4(22-8)2-21-23(19,20)24/h1,4,8,17-18H,2H2,(H2,12,13,15)(H2,19,20,24)/t4-,8-/m1/s1. The Kier molecular flexibility index (Phi) is 4.51. The largest absolute Gasteiger partial charge is 0.506 e. The fraction of sp³-hybridized carbons (Fsp3) is 0.300. The molecule has 0 aromatic carbocycles. The summed E-state index contributed by atoms with van der Waals surface area (Å²) in [6.07, 6.45) is -0.939. The van der Waals surface area contributed by atoms with Gasteiger partial charge in [0.2, 0.25) is 5.95 Å². The summed E-state index contributed by atoms with van der Waals surface area (Å²) >= 11 is 7.53. The molecule has 2 aromatic rings. The van der Waals surface area contributed by atoms with E-state index in [2.05, 4.69) is 47.2 Å². The quantitative estimate of drug-likeness (QED) is 0.334. The van der Waals surface area contributed by atoms with Crippen molar-refractivity contribution in [2.45, 2.75) is 12.3 Å². The highest BCUT2D eigenvalue weighted by atomic mass is 79.9. The number of rotatable bonds is 4. The highest BCUT2D eigenvalue weighted by Gasteiger charge is 2.39. The molecule has 0 spiro atoms. The van der Waals surface area contributed by atoms with Gasteiger partial charge in [0.25, 0.3) is 0 Å². The molecule has 24 heavy (non-hydrogen) atoms. The lowest BCUT2D eigenvalue weighted by atomic mass is 10.3. The summed E-state index contributed by atoms with van der Waals surface area (Å²) in [5.74, 6) is -1.05. The number of fused-ring (bicyclic) bond motifs is 1. The van der Waals surface area contributed by atoms with Gasteiger partial charge in [-0.05, 0) is 27.7 Å². The average Bonchev–Trinajstić information content (AvgIpc) is 2.94. The van der Waals surface area contributed by atoms with Gasteiger partial charge in [0, 0.05) is 0 Å². The Bertz CT molecular complexity index is 884. The van der Waals surface area contributed by atoms with E-state index < -0.39 is 37.2 Å². The van der Waals surface area contributed by atoms with Crippen LogP contribution in [0.15, 0.2) is 22.4 Å². The fourth-order valence-electron chi connectivity index (χ4n) is 2.13. The lowest BCUT2D eigenvalue weighted by Gasteiger charge is -2.17. The normalized spacial score (nSPS) is 21.8. The number of halogens is 1. The van der Waals surface area contributed by atoms with Gasteiger partial charge in [0.05, 0.1) is 12.8 Å². The third-order valence-electron chi connectivity index (χ3n) is 3.13. The summed E-state index contributed by atoms with van der Waals surface area (Å²) in [5.41, 5.74) is 6.20. The van der Waals surface area contributed by atoms with Gasteiger partial charge in [-0.3, -0.25) is 4.57 Å². The second kappa shape index (κ2) is 6.19. The first-order chi connectivity index (χ1) is 11.2. The third kappa shape index (κ3) is 3.24. The zero-order valence-corrected chi connectivity index (χ0v) is 14.9. The predicted molar refractivity (Wildman–Crippen MR) is 88.3 cm³/mol. The zero-order valence-electron chi connectivity index (χ0n) is 11.6. The lowest BCUT2D eigenvalue weighted by molar-refractivity contribution is -0.0313. The van der Waals surface area contributed by atoms with Crippen molar-refractivity contribution < 1.29 is 29.3 Å². The van der Waals surface area contributed by atoms with E-state index in [9.17, 15) is 10.2 Å². The number of anilines is 1. The molecule has 130 valence electrons. The van der Waals surface area contributed by atoms with Crippen molar-refractivity contribution in [1.29, 1.82) is 0 Å². The first-order valence-corrected chi connectivity index (χ1v) is 9.72. The minimum atomic E-state index is -3.93. The predicted octanol–water partition coefficient (Wildman–Crippen LogP) is 0.622. The monoisotopic (exact) mass is 439 g/mol. The van der Waals surface area contributed by atoms with Gasteiger partial charge in [-0.25, -0.2) is 9.97 Å². The summed E-state index contributed by atoms with van der Waals surface area (Å²) in [5, 5.41) is 20.1. The molecular weight excluding hydrogens is 429 g/mol. The molecular formula is C10H11BrN5O6PS. The molecule has 0 aliphatic carbocycles. The van der Waals surface area contributed by atoms with Crippen LogP contribution in [-0.4, -0.2) is 52.2 Å². The van der Waals surface area contributed by atoms with E-state index in [0.29, 0.717) is 5.52 Å². The summed E-state index contributed by atoms with van der Waals surface area (Å²) in [6, 6.07) is 0. The van der Waals surface area contributed by atoms with E-state index in [4.69, 9.17) is 20.3 Å². The van der Waals surface area contributed by atoms with Crippen molar-refractivity contribution in [2.75, 3.05) is 12.3 Å². The van der Waals surface area contributed by atoms with Gasteiger partial charge in [0.1, 0.15) is 11.6 Å². The molecule has 0 bridgehead atoms. The summed E-state index contributed by atoms with van der Waals surface area (Å²) in [6.45, 7) is -4.39. The van der Waals surface area contributed by atoms with Crippen LogP contribution in [0.25, 0.3) is 11.2 Å². The maximum absolute atomic E-state index is 10.1. The molecule has 0 saturated heterocycles. The Labute approximate surface area is 147 Å². The summed E-state index contributed by atoms with van der Waals surface area (Å²) in [4.78, 5) is 30.2. The highest BCUT2D eigenvalue weighted by Crippen LogP contribution is 2.40. The van der Waals surface area contributed by atoms with E-state index in [1.807, 2.05) is 0 Å². The highest BCUT2D eigenvalue weighted by molar-refractivity contribution is 9.10. The number of hydrogen-bond donors (Lipinski definition) is 5. The van der Waals surface area contributed by atoms with Crippen LogP contribution in [0.5, 0.6) is 0 Å². The van der Waals surface area contributed by atoms with E-state index >= 15 is 0 Å². The minimum Gasteiger partial charge on any atom is -0.506 e. The average molecular weight is 440 g/mol. The number of ether oxygens (including phenoxy) is 1. The number of nitrogens with zero attached hydrogens (tertiary/aromatic N) is 4. The minimum absolute atomic E-state index is 0.0111. The second-order valence-electron chi connectivity index (χ2n) is 4.72. The zero-order chi connectivity index (χ0) is 17.6. The number of nitrogens with two attached hydrogens (primary N) is 1. The van der Waals surface area contributed by atoms with Crippen LogP contribution in [0, 0.1) is 0 Å². The molecule has 1 aliphatic heterocycles. The van der Waals surface area contributed by atoms with Gasteiger partial charge in [-0.15, -0.1) is 0 Å². The van der Waals surface area contributed by atoms with Crippen LogP contribution in [0.1, 0.15) is 6.23 Å². The van der Waals surface area contributed by atoms with Crippen LogP contribution in [-0.2, 0) is 21.1 Å². The summed E-state index contributed by atoms with van der Waals surface area (Å²) in [7, 11) is 0. The van der Waals surface area contributed by atoms with E-state index in [1.54, 1.807) is 0 Å². The fourth-order valence-corrected chi connectivity index (χ4v) is 3.18. The van der Waals surface area contributed by atoms with E-state index in [1.165, 1.54) is 10.8 Å². The first kappa shape index (κ1) is 17.5. The van der Waals surface area contributed by atoms with Crippen molar-refractivity contribution in [3.8, 4) is 0 Å². The molecule has 2 aromatic heterocycles. The van der Waals surface area contributed by atoms with Crippen LogP contribution in [0.4, 0.5) is 5.95 Å². The number of aliphatic hydroxyl groups excluding tert-OH is 2. The Morgan fingerprint density at radius 3 is 2.75 bits per heavy atom. The smallest absolute Gasteiger partial charge is 0.321 e.